The van der Waals surface area contributed by atoms with Crippen LogP contribution in [0.25, 0.3) is 22.0 Å². The van der Waals surface area contributed by atoms with Gasteiger partial charge in [-0.3, -0.25) is 4.79 Å². The van der Waals surface area contributed by atoms with Crippen molar-refractivity contribution in [2.24, 2.45) is 0 Å². The number of aliphatic hydroxyl groups excluding tert-OH is 1. The lowest BCUT2D eigenvalue weighted by Gasteiger charge is -2.18. The maximum atomic E-state index is 13.3. The molecular weight excluding hydrogens is 469 g/mol. The van der Waals surface area contributed by atoms with Crippen LogP contribution in [0.15, 0.2) is 72.9 Å². The largest absolute Gasteiger partial charge is 0.493 e. The van der Waals surface area contributed by atoms with Crippen LogP contribution in [0.2, 0.25) is 0 Å². The van der Waals surface area contributed by atoms with Gasteiger partial charge in [0.15, 0.2) is 0 Å². The van der Waals surface area contributed by atoms with Gasteiger partial charge in [0, 0.05) is 18.5 Å². The van der Waals surface area contributed by atoms with Gasteiger partial charge in [-0.1, -0.05) is 43.3 Å². The Kier molecular flexibility index (Phi) is 7.64. The number of ether oxygens (including phenoxy) is 1. The number of H-pyrrole nitrogens is 1. The van der Waals surface area contributed by atoms with E-state index in [-0.39, 0.29) is 13.6 Å². The molecule has 1 atom stereocenters. The Morgan fingerprint density at radius 2 is 1.86 bits per heavy atom. The number of fused-ring (bicyclic) bond motifs is 1. The average Bonchev–Trinajstić information content (AvgIpc) is 3.29. The van der Waals surface area contributed by atoms with Gasteiger partial charge in [-0.05, 0) is 59.9 Å². The van der Waals surface area contributed by atoms with E-state index in [1.54, 1.807) is 18.2 Å². The normalized spacial score (nSPS) is 12.5. The van der Waals surface area contributed by atoms with E-state index in [4.69, 9.17) is 4.74 Å². The maximum absolute atomic E-state index is 13.3. The smallest absolute Gasteiger partial charge is 0.416 e. The van der Waals surface area contributed by atoms with E-state index in [2.05, 4.69) is 10.3 Å². The molecule has 0 radical (unpaired) electrons. The van der Waals surface area contributed by atoms with E-state index in [0.717, 1.165) is 35.0 Å². The van der Waals surface area contributed by atoms with Crippen LogP contribution in [0, 0.1) is 0 Å². The van der Waals surface area contributed by atoms with E-state index in [0.29, 0.717) is 29.9 Å². The molecule has 0 aliphatic rings. The average molecular weight is 499 g/mol. The summed E-state index contributed by atoms with van der Waals surface area (Å²) in [7, 11) is 0. The van der Waals surface area contributed by atoms with E-state index >= 15 is 0 Å². The zero-order valence-corrected chi connectivity index (χ0v) is 19.7. The van der Waals surface area contributed by atoms with Gasteiger partial charge in [-0.15, -0.1) is 0 Å². The summed E-state index contributed by atoms with van der Waals surface area (Å²) < 4.78 is 45.4. The number of benzene rings is 3. The molecular formula is C28H29F3N2O3. The molecule has 0 spiro atoms. The predicted molar refractivity (Wildman–Crippen MR) is 135 cm³/mol. The van der Waals surface area contributed by atoms with Gasteiger partial charge >= 0.3 is 6.18 Å². The number of alkyl halides is 3. The number of carbonyl (C=O) groups excluding carboxylic acids is 1. The van der Waals surface area contributed by atoms with Crippen molar-refractivity contribution in [1.29, 1.82) is 0 Å². The van der Waals surface area contributed by atoms with E-state index in [9.17, 15) is 23.1 Å². The van der Waals surface area contributed by atoms with Gasteiger partial charge in [-0.2, -0.15) is 13.2 Å². The molecule has 190 valence electrons. The zero-order valence-electron chi connectivity index (χ0n) is 19.7. The van der Waals surface area contributed by atoms with Gasteiger partial charge in [0.1, 0.15) is 5.75 Å². The number of hydrogen-bond acceptors (Lipinski definition) is 3. The molecule has 3 aromatic carbocycles. The molecule has 0 aliphatic heterocycles. The molecule has 4 rings (SSSR count). The van der Waals surface area contributed by atoms with Gasteiger partial charge in [0.25, 0.3) is 5.91 Å². The number of nitrogens with one attached hydrogen (secondary N) is 2. The molecule has 0 aliphatic carbocycles. The Balaban J connectivity index is 0.00000380. The Hall–Kier alpha value is -3.78. The molecule has 0 saturated heterocycles. The number of rotatable bonds is 9. The number of aliphatic hydroxyl groups is 1. The summed E-state index contributed by atoms with van der Waals surface area (Å²) in [5, 5.41) is 13.8. The monoisotopic (exact) mass is 498 g/mol. The molecule has 5 nitrogen and oxygen atoms in total. The van der Waals surface area contributed by atoms with Crippen LogP contribution in [-0.4, -0.2) is 35.3 Å². The van der Waals surface area contributed by atoms with Crippen molar-refractivity contribution < 1.29 is 29.2 Å². The second-order valence-electron chi connectivity index (χ2n) is 8.55. The molecule has 3 N–H and O–H groups in total. The standard InChI is InChI=1S/C28H27F3N2O3.H2/c1-2-12-36-26-11-10-19(18-6-5-7-21(13-18)28(29,30)31)15-24(26)27(35)33-22(17-34)14-20-16-32-25-9-4-3-8-23(20)25;/h3-11,13,15-16,22,32,34H,2,12,14,17H2,1H3,(H,33,35);1H/t22-;/m0./s1. The summed E-state index contributed by atoms with van der Waals surface area (Å²) in [5.74, 6) is -0.150. The zero-order chi connectivity index (χ0) is 25.7. The highest BCUT2D eigenvalue weighted by atomic mass is 19.4. The third kappa shape index (κ3) is 5.71. The second kappa shape index (κ2) is 10.9. The van der Waals surface area contributed by atoms with Crippen molar-refractivity contribution in [1.82, 2.24) is 10.3 Å². The van der Waals surface area contributed by atoms with Crippen molar-refractivity contribution in [2.75, 3.05) is 13.2 Å². The number of aromatic amines is 1. The summed E-state index contributed by atoms with van der Waals surface area (Å²) in [6.07, 6.45) is -1.51. The van der Waals surface area contributed by atoms with Crippen molar-refractivity contribution in [3.05, 3.63) is 89.6 Å². The quantitative estimate of drug-likeness (QED) is 0.256. The van der Waals surface area contributed by atoms with Gasteiger partial charge in [0.05, 0.1) is 30.4 Å². The number of amides is 1. The van der Waals surface area contributed by atoms with Gasteiger partial charge in [-0.25, -0.2) is 0 Å². The maximum Gasteiger partial charge on any atom is 0.416 e. The van der Waals surface area contributed by atoms with Crippen LogP contribution >= 0.6 is 0 Å². The molecule has 36 heavy (non-hydrogen) atoms. The molecule has 8 heteroatoms. The van der Waals surface area contributed by atoms with E-state index < -0.39 is 23.7 Å². The van der Waals surface area contributed by atoms with Crippen LogP contribution in [0.1, 0.15) is 36.3 Å². The lowest BCUT2D eigenvalue weighted by Crippen LogP contribution is -2.39. The lowest BCUT2D eigenvalue weighted by molar-refractivity contribution is -0.137. The summed E-state index contributed by atoms with van der Waals surface area (Å²) in [6.45, 7) is 2.02. The van der Waals surface area contributed by atoms with Crippen molar-refractivity contribution in [2.45, 2.75) is 32.0 Å². The summed E-state index contributed by atoms with van der Waals surface area (Å²) in [5.41, 5.74) is 2.11. The second-order valence-corrected chi connectivity index (χ2v) is 8.55. The first kappa shape index (κ1) is 25.3. The minimum atomic E-state index is -4.48. The molecule has 4 aromatic rings. The fourth-order valence-corrected chi connectivity index (χ4v) is 4.09. The van der Waals surface area contributed by atoms with Crippen LogP contribution in [0.3, 0.4) is 0 Å². The number of hydrogen-bond donors (Lipinski definition) is 3. The molecule has 0 bridgehead atoms. The highest BCUT2D eigenvalue weighted by Gasteiger charge is 2.30. The van der Waals surface area contributed by atoms with E-state index in [1.165, 1.54) is 12.1 Å². The van der Waals surface area contributed by atoms with Crippen molar-refractivity contribution in [3.63, 3.8) is 0 Å². The summed E-state index contributed by atoms with van der Waals surface area (Å²) >= 11 is 0. The number of halogens is 3. The van der Waals surface area contributed by atoms with Crippen molar-refractivity contribution >= 4 is 16.8 Å². The molecule has 0 saturated carbocycles. The van der Waals surface area contributed by atoms with Gasteiger partial charge in [0.2, 0.25) is 0 Å². The number of carbonyl (C=O) groups is 1. The SMILES string of the molecule is CCCOc1ccc(-c2cccc(C(F)(F)F)c2)cc1C(=O)N[C@H](CO)Cc1c[nH]c2ccccc12.[HH]. The lowest BCUT2D eigenvalue weighted by atomic mass is 9.99. The first-order valence-electron chi connectivity index (χ1n) is 11.7. The highest BCUT2D eigenvalue weighted by Crippen LogP contribution is 2.33. The van der Waals surface area contributed by atoms with E-state index in [1.807, 2.05) is 37.4 Å². The molecule has 1 amide bonds. The third-order valence-electron chi connectivity index (χ3n) is 5.91. The van der Waals surface area contributed by atoms with Crippen LogP contribution < -0.4 is 10.1 Å². The first-order valence-corrected chi connectivity index (χ1v) is 11.7. The minimum absolute atomic E-state index is 0. The number of aromatic nitrogens is 1. The first-order chi connectivity index (χ1) is 17.3. The van der Waals surface area contributed by atoms with Crippen LogP contribution in [0.4, 0.5) is 13.2 Å². The van der Waals surface area contributed by atoms with Crippen LogP contribution in [-0.2, 0) is 12.6 Å². The molecule has 1 aromatic heterocycles. The minimum Gasteiger partial charge on any atom is -0.493 e. The van der Waals surface area contributed by atoms with Crippen LogP contribution in [0.5, 0.6) is 5.75 Å². The fourth-order valence-electron chi connectivity index (χ4n) is 4.09. The molecule has 0 fully saturated rings. The Morgan fingerprint density at radius 3 is 2.61 bits per heavy atom. The third-order valence-corrected chi connectivity index (χ3v) is 5.91. The Labute approximate surface area is 208 Å². The van der Waals surface area contributed by atoms with Crippen molar-refractivity contribution in [3.8, 4) is 16.9 Å². The summed E-state index contributed by atoms with van der Waals surface area (Å²) in [4.78, 5) is 16.5. The molecule has 0 unspecified atom stereocenters. The Bertz CT molecular complexity index is 1350. The highest BCUT2D eigenvalue weighted by molar-refractivity contribution is 5.98. The fraction of sp³-hybridized carbons (Fsp3) is 0.250. The number of para-hydroxylation sites is 1. The van der Waals surface area contributed by atoms with Gasteiger partial charge < -0.3 is 20.1 Å². The topological polar surface area (TPSA) is 74.3 Å². The predicted octanol–water partition coefficient (Wildman–Crippen LogP) is 6.22. The molecule has 1 heterocycles. The summed E-state index contributed by atoms with van der Waals surface area (Å²) in [6, 6.07) is 16.9. The Morgan fingerprint density at radius 1 is 1.08 bits per heavy atom.